The summed E-state index contributed by atoms with van der Waals surface area (Å²) >= 11 is 6.15. The van der Waals surface area contributed by atoms with Gasteiger partial charge < -0.3 is 9.88 Å². The van der Waals surface area contributed by atoms with Crippen LogP contribution in [0.1, 0.15) is 24.2 Å². The van der Waals surface area contributed by atoms with E-state index in [2.05, 4.69) is 21.9 Å². The minimum Gasteiger partial charge on any atom is -0.330 e. The molecule has 1 aromatic carbocycles. The fourth-order valence-electron chi connectivity index (χ4n) is 2.20. The fraction of sp³-hybridized carbons (Fsp3) is 0.462. The van der Waals surface area contributed by atoms with Crippen LogP contribution in [0.3, 0.4) is 0 Å². The topological polar surface area (TPSA) is 29.9 Å². The SMILES string of the molecule is Cc1c(Cl)ccc2nc(CNC3CC3)n(C)c12. The van der Waals surface area contributed by atoms with E-state index in [0.29, 0.717) is 6.04 Å². The number of nitrogens with one attached hydrogen (secondary N) is 1. The van der Waals surface area contributed by atoms with E-state index in [1.807, 2.05) is 19.1 Å². The number of benzene rings is 1. The Balaban J connectivity index is 2.01. The lowest BCUT2D eigenvalue weighted by Gasteiger charge is -2.05. The van der Waals surface area contributed by atoms with Crippen molar-refractivity contribution in [3.63, 3.8) is 0 Å². The molecule has 1 aliphatic rings. The molecule has 1 aliphatic carbocycles. The highest BCUT2D eigenvalue weighted by Gasteiger charge is 2.21. The zero-order valence-electron chi connectivity index (χ0n) is 10.1. The van der Waals surface area contributed by atoms with Gasteiger partial charge in [0.25, 0.3) is 0 Å². The Morgan fingerprint density at radius 2 is 2.24 bits per heavy atom. The number of hydrogen-bond donors (Lipinski definition) is 1. The lowest BCUT2D eigenvalue weighted by atomic mass is 10.2. The third-order valence-electron chi connectivity index (χ3n) is 3.44. The molecule has 0 bridgehead atoms. The van der Waals surface area contributed by atoms with E-state index < -0.39 is 0 Å². The lowest BCUT2D eigenvalue weighted by molar-refractivity contribution is 0.639. The van der Waals surface area contributed by atoms with Crippen LogP contribution >= 0.6 is 11.6 Å². The summed E-state index contributed by atoms with van der Waals surface area (Å²) in [4.78, 5) is 4.66. The second kappa shape index (κ2) is 4.00. The second-order valence-corrected chi connectivity index (χ2v) is 5.19. The highest BCUT2D eigenvalue weighted by molar-refractivity contribution is 6.32. The van der Waals surface area contributed by atoms with E-state index in [4.69, 9.17) is 11.6 Å². The maximum absolute atomic E-state index is 6.15. The van der Waals surface area contributed by atoms with Crippen molar-refractivity contribution in [1.82, 2.24) is 14.9 Å². The summed E-state index contributed by atoms with van der Waals surface area (Å²) in [5.41, 5.74) is 3.28. The Hall–Kier alpha value is -1.06. The van der Waals surface area contributed by atoms with Gasteiger partial charge in [-0.1, -0.05) is 11.6 Å². The summed E-state index contributed by atoms with van der Waals surface area (Å²) in [7, 11) is 2.06. The molecule has 90 valence electrons. The van der Waals surface area contributed by atoms with Gasteiger partial charge in [0.05, 0.1) is 17.6 Å². The quantitative estimate of drug-likeness (QED) is 0.907. The standard InChI is InChI=1S/C13H16ClN3/c1-8-10(14)5-6-11-13(8)17(2)12(16-11)7-15-9-3-4-9/h5-6,9,15H,3-4,7H2,1-2H3. The first-order valence-corrected chi connectivity index (χ1v) is 6.38. The Labute approximate surface area is 106 Å². The molecular formula is C13H16ClN3. The van der Waals surface area contributed by atoms with Crippen LogP contribution in [0.5, 0.6) is 0 Å². The van der Waals surface area contributed by atoms with Crippen LogP contribution in [0.4, 0.5) is 0 Å². The van der Waals surface area contributed by atoms with Gasteiger partial charge in [-0.2, -0.15) is 0 Å². The van der Waals surface area contributed by atoms with Crippen molar-refractivity contribution in [3.8, 4) is 0 Å². The molecule has 17 heavy (non-hydrogen) atoms. The second-order valence-electron chi connectivity index (χ2n) is 4.78. The van der Waals surface area contributed by atoms with Gasteiger partial charge >= 0.3 is 0 Å². The first kappa shape index (κ1) is 11.1. The van der Waals surface area contributed by atoms with E-state index in [0.717, 1.165) is 34.0 Å². The maximum Gasteiger partial charge on any atom is 0.123 e. The highest BCUT2D eigenvalue weighted by atomic mass is 35.5. The fourth-order valence-corrected chi connectivity index (χ4v) is 2.35. The van der Waals surface area contributed by atoms with Crippen molar-refractivity contribution in [2.75, 3.05) is 0 Å². The van der Waals surface area contributed by atoms with Crippen LogP contribution in [0, 0.1) is 6.92 Å². The average molecular weight is 250 g/mol. The molecule has 1 heterocycles. The molecule has 0 spiro atoms. The van der Waals surface area contributed by atoms with E-state index in [1.165, 1.54) is 12.8 Å². The Morgan fingerprint density at radius 3 is 2.94 bits per heavy atom. The Morgan fingerprint density at radius 1 is 1.47 bits per heavy atom. The van der Waals surface area contributed by atoms with E-state index >= 15 is 0 Å². The number of halogens is 1. The number of hydrogen-bond acceptors (Lipinski definition) is 2. The van der Waals surface area contributed by atoms with Gasteiger partial charge in [0, 0.05) is 18.1 Å². The third kappa shape index (κ3) is 1.94. The Bertz CT molecular complexity index is 570. The number of nitrogens with zero attached hydrogens (tertiary/aromatic N) is 2. The van der Waals surface area contributed by atoms with Crippen LogP contribution in [0.15, 0.2) is 12.1 Å². The largest absolute Gasteiger partial charge is 0.330 e. The summed E-state index contributed by atoms with van der Waals surface area (Å²) in [5, 5.41) is 4.30. The molecule has 1 fully saturated rings. The smallest absolute Gasteiger partial charge is 0.123 e. The molecular weight excluding hydrogens is 234 g/mol. The average Bonchev–Trinajstić information content (AvgIpc) is 3.07. The zero-order chi connectivity index (χ0) is 12.0. The number of aryl methyl sites for hydroxylation is 2. The van der Waals surface area contributed by atoms with Gasteiger partial charge in [0.15, 0.2) is 0 Å². The van der Waals surface area contributed by atoms with Gasteiger partial charge in [-0.15, -0.1) is 0 Å². The van der Waals surface area contributed by atoms with Crippen molar-refractivity contribution >= 4 is 22.6 Å². The summed E-state index contributed by atoms with van der Waals surface area (Å²) < 4.78 is 2.14. The molecule has 1 aromatic heterocycles. The summed E-state index contributed by atoms with van der Waals surface area (Å²) in [5.74, 6) is 1.08. The van der Waals surface area contributed by atoms with Gasteiger partial charge in [0.2, 0.25) is 0 Å². The minimum absolute atomic E-state index is 0.708. The molecule has 0 atom stereocenters. The Kier molecular flexibility index (Phi) is 2.60. The summed E-state index contributed by atoms with van der Waals surface area (Å²) in [6.07, 6.45) is 2.60. The van der Waals surface area contributed by atoms with Gasteiger partial charge in [-0.05, 0) is 37.5 Å². The lowest BCUT2D eigenvalue weighted by Crippen LogP contribution is -2.18. The van der Waals surface area contributed by atoms with Crippen molar-refractivity contribution in [1.29, 1.82) is 0 Å². The molecule has 0 amide bonds. The number of rotatable bonds is 3. The predicted molar refractivity (Wildman–Crippen MR) is 70.3 cm³/mol. The van der Waals surface area contributed by atoms with Crippen molar-refractivity contribution in [3.05, 3.63) is 28.5 Å². The monoisotopic (exact) mass is 249 g/mol. The van der Waals surface area contributed by atoms with Crippen LogP contribution in [-0.4, -0.2) is 15.6 Å². The molecule has 2 aromatic rings. The van der Waals surface area contributed by atoms with Crippen molar-refractivity contribution in [2.45, 2.75) is 32.4 Å². The van der Waals surface area contributed by atoms with E-state index in [9.17, 15) is 0 Å². The molecule has 1 saturated carbocycles. The zero-order valence-corrected chi connectivity index (χ0v) is 10.9. The van der Waals surface area contributed by atoms with E-state index in [-0.39, 0.29) is 0 Å². The molecule has 3 rings (SSSR count). The number of imidazole rings is 1. The van der Waals surface area contributed by atoms with Gasteiger partial charge in [-0.25, -0.2) is 4.98 Å². The van der Waals surface area contributed by atoms with E-state index in [1.54, 1.807) is 0 Å². The molecule has 4 heteroatoms. The van der Waals surface area contributed by atoms with Crippen LogP contribution in [0.25, 0.3) is 11.0 Å². The van der Waals surface area contributed by atoms with Crippen molar-refractivity contribution < 1.29 is 0 Å². The van der Waals surface area contributed by atoms with Crippen LogP contribution in [-0.2, 0) is 13.6 Å². The minimum atomic E-state index is 0.708. The molecule has 1 N–H and O–H groups in total. The van der Waals surface area contributed by atoms with Crippen LogP contribution < -0.4 is 5.32 Å². The number of aromatic nitrogens is 2. The van der Waals surface area contributed by atoms with Crippen molar-refractivity contribution in [2.24, 2.45) is 7.05 Å². The van der Waals surface area contributed by atoms with Gasteiger partial charge in [-0.3, -0.25) is 0 Å². The van der Waals surface area contributed by atoms with Gasteiger partial charge in [0.1, 0.15) is 5.82 Å². The molecule has 0 saturated heterocycles. The maximum atomic E-state index is 6.15. The number of fused-ring (bicyclic) bond motifs is 1. The first-order chi connectivity index (χ1) is 8.16. The molecule has 0 radical (unpaired) electrons. The normalized spacial score (nSPS) is 15.7. The predicted octanol–water partition coefficient (Wildman–Crippen LogP) is 2.79. The molecule has 0 aliphatic heterocycles. The summed E-state index contributed by atoms with van der Waals surface area (Å²) in [6, 6.07) is 4.62. The third-order valence-corrected chi connectivity index (χ3v) is 3.85. The summed E-state index contributed by atoms with van der Waals surface area (Å²) in [6.45, 7) is 2.89. The first-order valence-electron chi connectivity index (χ1n) is 6.00. The molecule has 3 nitrogen and oxygen atoms in total. The van der Waals surface area contributed by atoms with Crippen LogP contribution in [0.2, 0.25) is 5.02 Å². The highest BCUT2D eigenvalue weighted by Crippen LogP contribution is 2.26. The molecule has 0 unspecified atom stereocenters.